The summed E-state index contributed by atoms with van der Waals surface area (Å²) in [6.45, 7) is 8.86. The molecule has 1 aromatic carbocycles. The van der Waals surface area contributed by atoms with Crippen molar-refractivity contribution in [3.63, 3.8) is 0 Å². The normalized spacial score (nSPS) is 11.2. The fourth-order valence-corrected chi connectivity index (χ4v) is 1.67. The van der Waals surface area contributed by atoms with Crippen LogP contribution in [0.1, 0.15) is 49.5 Å². The first-order chi connectivity index (χ1) is 8.60. The van der Waals surface area contributed by atoms with Crippen LogP contribution >= 0.6 is 0 Å². The fraction of sp³-hybridized carbons (Fsp3) is 0.533. The molecule has 0 saturated carbocycles. The van der Waals surface area contributed by atoms with Crippen molar-refractivity contribution in [1.29, 1.82) is 0 Å². The van der Waals surface area contributed by atoms with Crippen LogP contribution in [-0.2, 0) is 9.47 Å². The number of hydrogen-bond acceptors (Lipinski definition) is 3. The minimum atomic E-state index is -0.787. The van der Waals surface area contributed by atoms with Crippen LogP contribution in [0.25, 0.3) is 0 Å². The molecule has 0 saturated heterocycles. The number of rotatable bonds is 7. The lowest BCUT2D eigenvalue weighted by atomic mass is 10.0. The number of hydrogen-bond donors (Lipinski definition) is 0. The third-order valence-electron chi connectivity index (χ3n) is 2.71. The Morgan fingerprint density at radius 2 is 1.56 bits per heavy atom. The van der Waals surface area contributed by atoms with E-state index in [0.717, 1.165) is 0 Å². The molecule has 1 aromatic rings. The van der Waals surface area contributed by atoms with Gasteiger partial charge in [-0.2, -0.15) is 0 Å². The third-order valence-corrected chi connectivity index (χ3v) is 2.71. The summed E-state index contributed by atoms with van der Waals surface area (Å²) in [4.78, 5) is 12.2. The molecule has 3 heteroatoms. The monoisotopic (exact) mass is 250 g/mol. The Kier molecular flexibility index (Phi) is 6.02. The summed E-state index contributed by atoms with van der Waals surface area (Å²) >= 11 is 0. The number of carbonyl (C=O) groups excluding carboxylic acids is 1. The van der Waals surface area contributed by atoms with Gasteiger partial charge >= 0.3 is 0 Å². The van der Waals surface area contributed by atoms with Crippen LogP contribution in [-0.4, -0.2) is 25.3 Å². The molecule has 0 N–H and O–H groups in total. The number of Topliss-reactive ketones (excluding diaryl/α,β-unsaturated/α-hetero) is 1. The maximum absolute atomic E-state index is 12.2. The lowest BCUT2D eigenvalue weighted by Gasteiger charge is -2.16. The van der Waals surface area contributed by atoms with Crippen molar-refractivity contribution in [1.82, 2.24) is 0 Å². The molecule has 0 bridgehead atoms. The topological polar surface area (TPSA) is 35.5 Å². The first kappa shape index (κ1) is 14.9. The Morgan fingerprint density at radius 1 is 1.06 bits per heavy atom. The van der Waals surface area contributed by atoms with Crippen molar-refractivity contribution in [3.05, 3.63) is 35.4 Å². The molecule has 0 spiro atoms. The number of carbonyl (C=O) groups is 1. The first-order valence-corrected chi connectivity index (χ1v) is 6.47. The summed E-state index contributed by atoms with van der Waals surface area (Å²) in [5.41, 5.74) is 1.85. The van der Waals surface area contributed by atoms with Gasteiger partial charge in [-0.15, -0.1) is 0 Å². The molecule has 0 aliphatic rings. The second-order valence-corrected chi connectivity index (χ2v) is 4.38. The van der Waals surface area contributed by atoms with Gasteiger partial charge in [0.25, 0.3) is 0 Å². The standard InChI is InChI=1S/C15H22O3/c1-5-17-15(18-6-2)14(16)13-9-7-12(8-10-13)11(3)4/h7-11,15H,5-6H2,1-4H3. The highest BCUT2D eigenvalue weighted by molar-refractivity contribution is 5.98. The molecule has 0 amide bonds. The van der Waals surface area contributed by atoms with Crippen molar-refractivity contribution in [2.45, 2.75) is 39.9 Å². The molecule has 1 rings (SSSR count). The van der Waals surface area contributed by atoms with Gasteiger partial charge in [0.05, 0.1) is 0 Å². The van der Waals surface area contributed by atoms with Crippen LogP contribution in [0.5, 0.6) is 0 Å². The van der Waals surface area contributed by atoms with E-state index in [9.17, 15) is 4.79 Å². The maximum Gasteiger partial charge on any atom is 0.222 e. The Morgan fingerprint density at radius 3 is 1.94 bits per heavy atom. The predicted octanol–water partition coefficient (Wildman–Crippen LogP) is 3.39. The van der Waals surface area contributed by atoms with Crippen LogP contribution < -0.4 is 0 Å². The zero-order chi connectivity index (χ0) is 13.5. The van der Waals surface area contributed by atoms with Gasteiger partial charge < -0.3 is 9.47 Å². The van der Waals surface area contributed by atoms with Gasteiger partial charge in [-0.3, -0.25) is 4.79 Å². The van der Waals surface area contributed by atoms with Crippen molar-refractivity contribution >= 4 is 5.78 Å². The smallest absolute Gasteiger partial charge is 0.222 e. The van der Waals surface area contributed by atoms with Gasteiger partial charge in [0, 0.05) is 18.8 Å². The third kappa shape index (κ3) is 3.93. The van der Waals surface area contributed by atoms with Crippen LogP contribution in [0.15, 0.2) is 24.3 Å². The highest BCUT2D eigenvalue weighted by Crippen LogP contribution is 2.16. The highest BCUT2D eigenvalue weighted by atomic mass is 16.7. The van der Waals surface area contributed by atoms with Crippen molar-refractivity contribution in [3.8, 4) is 0 Å². The molecule has 0 aliphatic carbocycles. The summed E-state index contributed by atoms with van der Waals surface area (Å²) in [6.07, 6.45) is -0.787. The minimum Gasteiger partial charge on any atom is -0.346 e. The summed E-state index contributed by atoms with van der Waals surface area (Å²) in [5, 5.41) is 0. The maximum atomic E-state index is 12.2. The van der Waals surface area contributed by atoms with Gasteiger partial charge in [0.1, 0.15) is 0 Å². The quantitative estimate of drug-likeness (QED) is 0.549. The molecule has 0 fully saturated rings. The Hall–Kier alpha value is -1.19. The Balaban J connectivity index is 2.81. The van der Waals surface area contributed by atoms with E-state index in [1.165, 1.54) is 5.56 Å². The molecule has 0 aromatic heterocycles. The van der Waals surface area contributed by atoms with E-state index in [1.54, 1.807) is 0 Å². The zero-order valence-electron chi connectivity index (χ0n) is 11.6. The van der Waals surface area contributed by atoms with Crippen LogP contribution in [0.2, 0.25) is 0 Å². The van der Waals surface area contributed by atoms with Crippen molar-refractivity contribution in [2.24, 2.45) is 0 Å². The second kappa shape index (κ2) is 7.29. The number of ether oxygens (including phenoxy) is 2. The van der Waals surface area contributed by atoms with E-state index in [4.69, 9.17) is 9.47 Å². The highest BCUT2D eigenvalue weighted by Gasteiger charge is 2.20. The lowest BCUT2D eigenvalue weighted by molar-refractivity contribution is -0.107. The molecule has 0 unspecified atom stereocenters. The van der Waals surface area contributed by atoms with Gasteiger partial charge in [0.15, 0.2) is 0 Å². The van der Waals surface area contributed by atoms with Crippen LogP contribution in [0.3, 0.4) is 0 Å². The SMILES string of the molecule is CCOC(OCC)C(=O)c1ccc(C(C)C)cc1. The van der Waals surface area contributed by atoms with E-state index in [0.29, 0.717) is 24.7 Å². The van der Waals surface area contributed by atoms with E-state index < -0.39 is 6.29 Å². The molecule has 100 valence electrons. The summed E-state index contributed by atoms with van der Waals surface area (Å²) in [7, 11) is 0. The van der Waals surface area contributed by atoms with Gasteiger partial charge in [-0.1, -0.05) is 38.1 Å². The molecule has 0 aliphatic heterocycles. The molecule has 0 atom stereocenters. The molecule has 0 heterocycles. The summed E-state index contributed by atoms with van der Waals surface area (Å²) in [6, 6.07) is 7.63. The second-order valence-electron chi connectivity index (χ2n) is 4.38. The van der Waals surface area contributed by atoms with Crippen LogP contribution in [0, 0.1) is 0 Å². The van der Waals surface area contributed by atoms with E-state index in [-0.39, 0.29) is 5.78 Å². The molecule has 3 nitrogen and oxygen atoms in total. The predicted molar refractivity (Wildman–Crippen MR) is 71.9 cm³/mol. The van der Waals surface area contributed by atoms with E-state index >= 15 is 0 Å². The number of benzene rings is 1. The largest absolute Gasteiger partial charge is 0.346 e. The first-order valence-electron chi connectivity index (χ1n) is 6.47. The molecule has 18 heavy (non-hydrogen) atoms. The molecular formula is C15H22O3. The number of ketones is 1. The van der Waals surface area contributed by atoms with Gasteiger partial charge in [0.2, 0.25) is 12.1 Å². The van der Waals surface area contributed by atoms with Crippen molar-refractivity contribution < 1.29 is 14.3 Å². The van der Waals surface area contributed by atoms with Gasteiger partial charge in [-0.05, 0) is 25.3 Å². The van der Waals surface area contributed by atoms with Crippen LogP contribution in [0.4, 0.5) is 0 Å². The van der Waals surface area contributed by atoms with Crippen molar-refractivity contribution in [2.75, 3.05) is 13.2 Å². The van der Waals surface area contributed by atoms with Gasteiger partial charge in [-0.25, -0.2) is 0 Å². The molecule has 0 radical (unpaired) electrons. The summed E-state index contributed by atoms with van der Waals surface area (Å²) < 4.78 is 10.6. The molecular weight excluding hydrogens is 228 g/mol. The minimum absolute atomic E-state index is 0.117. The average molecular weight is 250 g/mol. The Labute approximate surface area is 109 Å². The van der Waals surface area contributed by atoms with E-state index in [1.807, 2.05) is 38.1 Å². The summed E-state index contributed by atoms with van der Waals surface area (Å²) in [5.74, 6) is 0.345. The lowest BCUT2D eigenvalue weighted by Crippen LogP contribution is -2.27. The Bertz CT molecular complexity index is 362. The zero-order valence-corrected chi connectivity index (χ0v) is 11.6. The average Bonchev–Trinajstić information content (AvgIpc) is 2.38. The fourth-order valence-electron chi connectivity index (χ4n) is 1.67. The van der Waals surface area contributed by atoms with E-state index in [2.05, 4.69) is 13.8 Å².